The van der Waals surface area contributed by atoms with Crippen molar-refractivity contribution in [2.24, 2.45) is 0 Å². The number of nitrogens with zero attached hydrogens (tertiary/aromatic N) is 5. The minimum atomic E-state index is -0.160. The van der Waals surface area contributed by atoms with Crippen LogP contribution in [0.4, 0.5) is 0 Å². The summed E-state index contributed by atoms with van der Waals surface area (Å²) in [7, 11) is 0. The molecule has 1 atom stereocenters. The molecule has 5 rings (SSSR count). The Balaban J connectivity index is 1.49. The van der Waals surface area contributed by atoms with Gasteiger partial charge in [-0.2, -0.15) is 5.26 Å². The van der Waals surface area contributed by atoms with Gasteiger partial charge >= 0.3 is 0 Å². The molecule has 1 aromatic carbocycles. The highest BCUT2D eigenvalue weighted by Crippen LogP contribution is 2.31. The molecular weight excluding hydrogens is 374 g/mol. The molecule has 1 aliphatic rings. The Morgan fingerprint density at radius 3 is 2.87 bits per heavy atom. The third-order valence-electron chi connectivity index (χ3n) is 5.28. The van der Waals surface area contributed by atoms with Crippen LogP contribution in [0.5, 0.6) is 0 Å². The summed E-state index contributed by atoms with van der Waals surface area (Å²) in [5.41, 5.74) is 9.27. The van der Waals surface area contributed by atoms with Crippen molar-refractivity contribution in [2.75, 3.05) is 6.54 Å². The first-order chi connectivity index (χ1) is 14.8. The van der Waals surface area contributed by atoms with Crippen molar-refractivity contribution in [1.29, 1.82) is 5.26 Å². The Kier molecular flexibility index (Phi) is 4.68. The van der Waals surface area contributed by atoms with E-state index in [-0.39, 0.29) is 6.04 Å². The molecule has 1 unspecified atom stereocenters. The van der Waals surface area contributed by atoms with E-state index in [2.05, 4.69) is 49.6 Å². The standard InChI is InChI=1S/C23H19N7/c24-8-6-21(18-10-17(11-25-12-18)16-4-2-1-3-5-16)30-14-19(13-29-30)22-20-7-9-26-23(20)28-15-27-22/h1-5,7,9-12,14-15,21,29H,6,13H2,(H,26,27,28). The average Bonchev–Trinajstić information content (AvgIpc) is 3.48. The minimum Gasteiger partial charge on any atom is -0.346 e. The number of aromatic nitrogens is 4. The number of hydrazine groups is 1. The van der Waals surface area contributed by atoms with Crippen molar-refractivity contribution in [3.05, 3.63) is 84.8 Å². The second-order valence-corrected chi connectivity index (χ2v) is 7.11. The van der Waals surface area contributed by atoms with E-state index in [1.807, 2.05) is 54.1 Å². The average molecular weight is 393 g/mol. The lowest BCUT2D eigenvalue weighted by atomic mass is 10.0. The molecule has 7 heteroatoms. The second-order valence-electron chi connectivity index (χ2n) is 7.11. The Hall–Kier alpha value is -4.02. The summed E-state index contributed by atoms with van der Waals surface area (Å²) >= 11 is 0. The van der Waals surface area contributed by atoms with Crippen LogP contribution in [-0.4, -0.2) is 31.5 Å². The van der Waals surface area contributed by atoms with Crippen LogP contribution in [0.1, 0.15) is 23.7 Å². The van der Waals surface area contributed by atoms with Crippen LogP contribution < -0.4 is 5.43 Å². The van der Waals surface area contributed by atoms with Crippen LogP contribution in [0, 0.1) is 11.3 Å². The fourth-order valence-corrected chi connectivity index (χ4v) is 3.80. The van der Waals surface area contributed by atoms with E-state index in [4.69, 9.17) is 0 Å². The van der Waals surface area contributed by atoms with Gasteiger partial charge in [-0.1, -0.05) is 30.3 Å². The lowest BCUT2D eigenvalue weighted by molar-refractivity contribution is 0.225. The van der Waals surface area contributed by atoms with Crippen LogP contribution >= 0.6 is 0 Å². The van der Waals surface area contributed by atoms with E-state index >= 15 is 0 Å². The maximum absolute atomic E-state index is 9.47. The Labute approximate surface area is 173 Å². The van der Waals surface area contributed by atoms with E-state index < -0.39 is 0 Å². The predicted molar refractivity (Wildman–Crippen MR) is 114 cm³/mol. The monoisotopic (exact) mass is 393 g/mol. The summed E-state index contributed by atoms with van der Waals surface area (Å²) in [6.45, 7) is 0.630. The van der Waals surface area contributed by atoms with Gasteiger partial charge in [0.15, 0.2) is 0 Å². The third-order valence-corrected chi connectivity index (χ3v) is 5.28. The molecule has 0 amide bonds. The third kappa shape index (κ3) is 3.30. The Morgan fingerprint density at radius 1 is 1.10 bits per heavy atom. The van der Waals surface area contributed by atoms with Crippen molar-refractivity contribution in [3.8, 4) is 17.2 Å². The van der Waals surface area contributed by atoms with Gasteiger partial charge in [0, 0.05) is 47.9 Å². The molecule has 146 valence electrons. The lowest BCUT2D eigenvalue weighted by Gasteiger charge is -2.26. The van der Waals surface area contributed by atoms with Crippen molar-refractivity contribution in [3.63, 3.8) is 0 Å². The number of pyridine rings is 1. The Bertz CT molecular complexity index is 1250. The van der Waals surface area contributed by atoms with Gasteiger partial charge in [-0.15, -0.1) is 0 Å². The maximum atomic E-state index is 9.47. The van der Waals surface area contributed by atoms with Gasteiger partial charge in [0.25, 0.3) is 0 Å². The van der Waals surface area contributed by atoms with Crippen molar-refractivity contribution in [1.82, 2.24) is 30.4 Å². The van der Waals surface area contributed by atoms with Crippen LogP contribution in [0.2, 0.25) is 0 Å². The number of hydrogen-bond donors (Lipinski definition) is 2. The number of nitrogens with one attached hydrogen (secondary N) is 2. The van der Waals surface area contributed by atoms with Crippen molar-refractivity contribution < 1.29 is 0 Å². The highest BCUT2D eigenvalue weighted by molar-refractivity contribution is 5.88. The van der Waals surface area contributed by atoms with E-state index in [9.17, 15) is 5.26 Å². The highest BCUT2D eigenvalue weighted by Gasteiger charge is 2.25. The first-order valence-electron chi connectivity index (χ1n) is 9.72. The molecule has 0 saturated carbocycles. The van der Waals surface area contributed by atoms with Gasteiger partial charge in [-0.3, -0.25) is 4.98 Å². The van der Waals surface area contributed by atoms with Gasteiger partial charge < -0.3 is 9.99 Å². The lowest BCUT2D eigenvalue weighted by Crippen LogP contribution is -2.32. The second kappa shape index (κ2) is 7.78. The smallest absolute Gasteiger partial charge is 0.141 e. The molecule has 30 heavy (non-hydrogen) atoms. The predicted octanol–water partition coefficient (Wildman–Crippen LogP) is 3.84. The number of fused-ring (bicyclic) bond motifs is 1. The highest BCUT2D eigenvalue weighted by atomic mass is 15.5. The van der Waals surface area contributed by atoms with E-state index in [1.165, 1.54) is 0 Å². The largest absolute Gasteiger partial charge is 0.346 e. The van der Waals surface area contributed by atoms with Crippen LogP contribution in [0.25, 0.3) is 27.7 Å². The summed E-state index contributed by atoms with van der Waals surface area (Å²) in [4.78, 5) is 16.3. The molecule has 4 heterocycles. The van der Waals surface area contributed by atoms with E-state index in [0.29, 0.717) is 13.0 Å². The van der Waals surface area contributed by atoms with E-state index in [0.717, 1.165) is 39.0 Å². The molecule has 0 spiro atoms. The molecule has 0 fully saturated rings. The summed E-state index contributed by atoms with van der Waals surface area (Å²) in [5.74, 6) is 0. The first kappa shape index (κ1) is 18.0. The summed E-state index contributed by atoms with van der Waals surface area (Å²) in [6, 6.07) is 16.4. The number of nitriles is 1. The Morgan fingerprint density at radius 2 is 2.00 bits per heavy atom. The molecule has 1 aliphatic heterocycles. The number of benzene rings is 1. The van der Waals surface area contributed by atoms with Crippen LogP contribution in [0.3, 0.4) is 0 Å². The zero-order valence-corrected chi connectivity index (χ0v) is 16.2. The summed E-state index contributed by atoms with van der Waals surface area (Å²) < 4.78 is 0. The molecule has 0 aliphatic carbocycles. The quantitative estimate of drug-likeness (QED) is 0.535. The molecular formula is C23H19N7. The van der Waals surface area contributed by atoms with Gasteiger partial charge in [0.1, 0.15) is 12.0 Å². The number of H-pyrrole nitrogens is 1. The zero-order chi connectivity index (χ0) is 20.3. The number of hydrogen-bond acceptors (Lipinski definition) is 6. The van der Waals surface area contributed by atoms with Crippen LogP contribution in [0.15, 0.2) is 73.6 Å². The molecule has 2 N–H and O–H groups in total. The summed E-state index contributed by atoms with van der Waals surface area (Å²) in [6.07, 6.45) is 9.48. The van der Waals surface area contributed by atoms with Gasteiger partial charge in [0.05, 0.1) is 24.2 Å². The van der Waals surface area contributed by atoms with Crippen molar-refractivity contribution >= 4 is 16.6 Å². The molecule has 0 radical (unpaired) electrons. The molecule has 0 saturated heterocycles. The SMILES string of the molecule is N#CCC(c1cncc(-c2ccccc2)c1)N1C=C(c2ncnc3[nH]ccc23)CN1. The topological polar surface area (TPSA) is 93.5 Å². The van der Waals surface area contributed by atoms with Gasteiger partial charge in [0.2, 0.25) is 0 Å². The van der Waals surface area contributed by atoms with Crippen LogP contribution in [-0.2, 0) is 0 Å². The number of aromatic amines is 1. The minimum absolute atomic E-state index is 0.160. The first-order valence-corrected chi connectivity index (χ1v) is 9.72. The summed E-state index contributed by atoms with van der Waals surface area (Å²) in [5, 5.41) is 12.4. The molecule has 4 aromatic rings. The molecule has 7 nitrogen and oxygen atoms in total. The molecule has 0 bridgehead atoms. The normalized spacial score (nSPS) is 14.5. The zero-order valence-electron chi connectivity index (χ0n) is 16.2. The molecule has 3 aromatic heterocycles. The van der Waals surface area contributed by atoms with Crippen molar-refractivity contribution in [2.45, 2.75) is 12.5 Å². The fourth-order valence-electron chi connectivity index (χ4n) is 3.80. The number of rotatable bonds is 5. The van der Waals surface area contributed by atoms with E-state index in [1.54, 1.807) is 6.33 Å². The van der Waals surface area contributed by atoms with Gasteiger partial charge in [-0.25, -0.2) is 15.4 Å². The fraction of sp³-hybridized carbons (Fsp3) is 0.130. The van der Waals surface area contributed by atoms with Gasteiger partial charge in [-0.05, 0) is 23.3 Å². The maximum Gasteiger partial charge on any atom is 0.141 e.